The van der Waals surface area contributed by atoms with E-state index in [1.54, 1.807) is 36.1 Å². The summed E-state index contributed by atoms with van der Waals surface area (Å²) < 4.78 is 16.3. The van der Waals surface area contributed by atoms with E-state index in [1.807, 2.05) is 18.2 Å². The summed E-state index contributed by atoms with van der Waals surface area (Å²) in [5.41, 5.74) is 1.13. The fourth-order valence-corrected chi connectivity index (χ4v) is 4.14. The van der Waals surface area contributed by atoms with Crippen molar-refractivity contribution < 1.29 is 19.4 Å². The highest BCUT2D eigenvalue weighted by Crippen LogP contribution is 2.29. The summed E-state index contributed by atoms with van der Waals surface area (Å²) in [4.78, 5) is 21.3. The molecule has 2 heterocycles. The van der Waals surface area contributed by atoms with E-state index in [4.69, 9.17) is 0 Å². The molecule has 1 amide bonds. The number of hydrogen-bond acceptors (Lipinski definition) is 6. The van der Waals surface area contributed by atoms with Gasteiger partial charge in [-0.1, -0.05) is 24.3 Å². The lowest BCUT2D eigenvalue weighted by atomic mass is 10.0. The maximum absolute atomic E-state index is 13.8. The first-order chi connectivity index (χ1) is 14.4. The molecule has 0 aliphatic heterocycles. The number of thiazole rings is 1. The van der Waals surface area contributed by atoms with Gasteiger partial charge in [0.2, 0.25) is 0 Å². The number of carbonyl (C=O) groups excluding carboxylic acids is 1. The Balaban J connectivity index is 1.59. The number of halogens is 1. The van der Waals surface area contributed by atoms with Crippen molar-refractivity contribution in [2.45, 2.75) is 18.2 Å². The Bertz CT molecular complexity index is 1160. The van der Waals surface area contributed by atoms with Crippen LogP contribution in [0.25, 0.3) is 10.2 Å². The molecule has 4 rings (SSSR count). The largest absolute Gasteiger partial charge is 0.383 e. The summed E-state index contributed by atoms with van der Waals surface area (Å²) in [5, 5.41) is 23.9. The fraction of sp³-hybridized carbons (Fsp3) is 0.190. The number of para-hydroxylation sites is 1. The van der Waals surface area contributed by atoms with E-state index in [0.717, 1.165) is 4.70 Å². The van der Waals surface area contributed by atoms with E-state index >= 15 is 0 Å². The van der Waals surface area contributed by atoms with Crippen LogP contribution in [0.5, 0.6) is 0 Å². The van der Waals surface area contributed by atoms with Crippen LogP contribution in [0.1, 0.15) is 28.5 Å². The Morgan fingerprint density at radius 1 is 1.20 bits per heavy atom. The predicted octanol–water partition coefficient (Wildman–Crippen LogP) is 2.47. The number of aromatic nitrogens is 3. The second-order valence-electron chi connectivity index (χ2n) is 6.80. The van der Waals surface area contributed by atoms with E-state index in [1.165, 1.54) is 29.5 Å². The minimum absolute atomic E-state index is 0.234. The van der Waals surface area contributed by atoms with E-state index in [0.29, 0.717) is 16.9 Å². The van der Waals surface area contributed by atoms with Gasteiger partial charge in [-0.05, 0) is 29.8 Å². The summed E-state index contributed by atoms with van der Waals surface area (Å²) in [5.74, 6) is -0.828. The Labute approximate surface area is 175 Å². The summed E-state index contributed by atoms with van der Waals surface area (Å²) in [6.07, 6.45) is -0.0146. The van der Waals surface area contributed by atoms with Crippen molar-refractivity contribution in [3.05, 3.63) is 83.1 Å². The number of aryl methyl sites for hydroxylation is 1. The number of rotatable bonds is 6. The van der Waals surface area contributed by atoms with E-state index in [-0.39, 0.29) is 5.01 Å². The highest BCUT2D eigenvalue weighted by molar-refractivity contribution is 7.18. The number of benzene rings is 2. The van der Waals surface area contributed by atoms with Crippen molar-refractivity contribution in [1.82, 2.24) is 19.9 Å². The fourth-order valence-electron chi connectivity index (χ4n) is 3.16. The number of hydrogen-bond donors (Lipinski definition) is 3. The van der Waals surface area contributed by atoms with Crippen LogP contribution in [0.4, 0.5) is 4.39 Å². The van der Waals surface area contributed by atoms with Crippen LogP contribution in [0.3, 0.4) is 0 Å². The highest BCUT2D eigenvalue weighted by Gasteiger charge is 2.31. The maximum Gasteiger partial charge on any atom is 0.252 e. The Morgan fingerprint density at radius 3 is 2.70 bits per heavy atom. The number of nitrogens with one attached hydrogen (secondary N) is 1. The van der Waals surface area contributed by atoms with Gasteiger partial charge in [0.25, 0.3) is 5.91 Å². The molecule has 154 valence electrons. The number of aliphatic hydroxyl groups excluding tert-OH is 2. The Hall–Kier alpha value is -3.14. The van der Waals surface area contributed by atoms with Crippen LogP contribution in [-0.4, -0.2) is 36.8 Å². The summed E-state index contributed by atoms with van der Waals surface area (Å²) in [7, 11) is 1.74. The zero-order valence-corrected chi connectivity index (χ0v) is 16.8. The molecule has 3 unspecified atom stereocenters. The van der Waals surface area contributed by atoms with Crippen molar-refractivity contribution in [3.8, 4) is 0 Å². The molecular weight excluding hydrogens is 407 g/mol. The van der Waals surface area contributed by atoms with E-state index in [2.05, 4.69) is 15.3 Å². The van der Waals surface area contributed by atoms with Crippen molar-refractivity contribution in [1.29, 1.82) is 0 Å². The third kappa shape index (κ3) is 3.95. The van der Waals surface area contributed by atoms with Crippen molar-refractivity contribution in [2.75, 3.05) is 0 Å². The van der Waals surface area contributed by atoms with E-state index < -0.39 is 30.0 Å². The minimum Gasteiger partial charge on any atom is -0.383 e. The smallest absolute Gasteiger partial charge is 0.252 e. The number of nitrogens with zero attached hydrogens (tertiary/aromatic N) is 3. The zero-order chi connectivity index (χ0) is 21.3. The first-order valence-electron chi connectivity index (χ1n) is 9.18. The van der Waals surface area contributed by atoms with Crippen LogP contribution in [0.2, 0.25) is 0 Å². The molecule has 7 nitrogen and oxygen atoms in total. The number of amides is 1. The molecule has 3 N–H and O–H groups in total. The number of imidazole rings is 1. The molecule has 30 heavy (non-hydrogen) atoms. The maximum atomic E-state index is 13.8. The van der Waals surface area contributed by atoms with Gasteiger partial charge in [-0.25, -0.2) is 14.4 Å². The molecular formula is C21H19FN4O3S. The quantitative estimate of drug-likeness (QED) is 0.440. The van der Waals surface area contributed by atoms with Gasteiger partial charge in [0, 0.05) is 19.4 Å². The molecule has 2 aromatic heterocycles. The van der Waals surface area contributed by atoms with Crippen molar-refractivity contribution in [2.24, 2.45) is 7.05 Å². The van der Waals surface area contributed by atoms with Gasteiger partial charge in [0.05, 0.1) is 10.2 Å². The van der Waals surface area contributed by atoms with Gasteiger partial charge in [0.1, 0.15) is 28.8 Å². The summed E-state index contributed by atoms with van der Waals surface area (Å²) in [6, 6.07) is 12.2. The van der Waals surface area contributed by atoms with Crippen LogP contribution in [0, 0.1) is 5.82 Å². The summed E-state index contributed by atoms with van der Waals surface area (Å²) in [6.45, 7) is 0. The monoisotopic (exact) mass is 426 g/mol. The SMILES string of the molecule is Cn1ccnc1C(NC(=O)C(O)C(O)c1nc2ccccc2s1)c1cccc(F)c1. The molecule has 9 heteroatoms. The summed E-state index contributed by atoms with van der Waals surface area (Å²) >= 11 is 1.20. The van der Waals surface area contributed by atoms with Crippen molar-refractivity contribution >= 4 is 27.5 Å². The first-order valence-corrected chi connectivity index (χ1v) is 10.0. The van der Waals surface area contributed by atoms with Crippen LogP contribution >= 0.6 is 11.3 Å². The average molecular weight is 426 g/mol. The zero-order valence-electron chi connectivity index (χ0n) is 15.9. The third-order valence-electron chi connectivity index (χ3n) is 4.72. The molecule has 0 radical (unpaired) electrons. The third-order valence-corrected chi connectivity index (χ3v) is 5.82. The van der Waals surface area contributed by atoms with Crippen LogP contribution < -0.4 is 5.32 Å². The molecule has 0 aliphatic rings. The van der Waals surface area contributed by atoms with Gasteiger partial charge >= 0.3 is 0 Å². The van der Waals surface area contributed by atoms with E-state index in [9.17, 15) is 19.4 Å². The molecule has 0 fully saturated rings. The number of aliphatic hydroxyl groups is 2. The molecule has 0 bridgehead atoms. The molecule has 0 spiro atoms. The standard InChI is InChI=1S/C21H19FN4O3S/c1-26-10-9-23-19(26)16(12-5-4-6-13(22)11-12)25-20(29)17(27)18(28)21-24-14-7-2-3-8-15(14)30-21/h2-11,16-18,27-28H,1H3,(H,25,29). The predicted molar refractivity (Wildman–Crippen MR) is 110 cm³/mol. The van der Waals surface area contributed by atoms with Gasteiger partial charge in [-0.2, -0.15) is 0 Å². The Morgan fingerprint density at radius 2 is 2.00 bits per heavy atom. The van der Waals surface area contributed by atoms with Crippen molar-refractivity contribution in [3.63, 3.8) is 0 Å². The van der Waals surface area contributed by atoms with Crippen LogP contribution in [-0.2, 0) is 11.8 Å². The highest BCUT2D eigenvalue weighted by atomic mass is 32.1. The second kappa shape index (κ2) is 8.31. The van der Waals surface area contributed by atoms with Crippen LogP contribution in [0.15, 0.2) is 60.9 Å². The van der Waals surface area contributed by atoms with Gasteiger partial charge in [-0.15, -0.1) is 11.3 Å². The molecule has 2 aromatic carbocycles. The normalized spacial score (nSPS) is 14.4. The average Bonchev–Trinajstić information content (AvgIpc) is 3.36. The lowest BCUT2D eigenvalue weighted by Crippen LogP contribution is -2.41. The Kier molecular flexibility index (Phi) is 5.58. The molecule has 4 aromatic rings. The number of fused-ring (bicyclic) bond motifs is 1. The van der Waals surface area contributed by atoms with Gasteiger partial charge in [-0.3, -0.25) is 4.79 Å². The second-order valence-corrected chi connectivity index (χ2v) is 7.86. The van der Waals surface area contributed by atoms with Gasteiger partial charge in [0.15, 0.2) is 6.10 Å². The number of carbonyl (C=O) groups is 1. The first kappa shape index (κ1) is 20.1. The molecule has 0 saturated carbocycles. The minimum atomic E-state index is -1.76. The molecule has 0 aliphatic carbocycles. The topological polar surface area (TPSA) is 100 Å². The molecule has 0 saturated heterocycles. The lowest BCUT2D eigenvalue weighted by molar-refractivity contribution is -0.136. The van der Waals surface area contributed by atoms with Gasteiger partial charge < -0.3 is 20.1 Å². The molecule has 3 atom stereocenters. The lowest BCUT2D eigenvalue weighted by Gasteiger charge is -2.22.